The summed E-state index contributed by atoms with van der Waals surface area (Å²) in [7, 11) is 2.71. The van der Waals surface area contributed by atoms with E-state index in [9.17, 15) is 23.2 Å². The summed E-state index contributed by atoms with van der Waals surface area (Å²) in [6.45, 7) is 2.89. The smallest absolute Gasteiger partial charge is 0.423 e. The van der Waals surface area contributed by atoms with E-state index in [-0.39, 0.29) is 22.6 Å². The number of aromatic nitrogens is 2. The van der Waals surface area contributed by atoms with Crippen molar-refractivity contribution in [1.82, 2.24) is 9.55 Å². The maximum absolute atomic E-state index is 13.9. The first-order valence-corrected chi connectivity index (χ1v) is 11.5. The molecule has 0 aliphatic rings. The fourth-order valence-electron chi connectivity index (χ4n) is 4.28. The molecule has 0 saturated heterocycles. The minimum absolute atomic E-state index is 0.135. The topological polar surface area (TPSA) is 110 Å². The van der Waals surface area contributed by atoms with Gasteiger partial charge in [-0.25, -0.2) is 27.9 Å². The monoisotopic (exact) mass is 526 g/mol. The maximum atomic E-state index is 13.9. The van der Waals surface area contributed by atoms with Crippen molar-refractivity contribution in [3.8, 4) is 11.5 Å². The molecule has 0 fully saturated rings. The van der Waals surface area contributed by atoms with Gasteiger partial charge in [-0.05, 0) is 37.6 Å². The number of hydrogen-bond acceptors (Lipinski definition) is 8. The highest BCUT2D eigenvalue weighted by atomic mass is 19.1. The van der Waals surface area contributed by atoms with Crippen molar-refractivity contribution >= 4 is 17.1 Å². The molecule has 9 nitrogen and oxygen atoms in total. The summed E-state index contributed by atoms with van der Waals surface area (Å²) in [5, 5.41) is 0. The van der Waals surface area contributed by atoms with Crippen molar-refractivity contribution in [2.24, 2.45) is 0 Å². The molecule has 198 valence electrons. The summed E-state index contributed by atoms with van der Waals surface area (Å²) in [5.74, 6) is -3.39. The number of carbonyl (C=O) groups is 1. The molecule has 0 radical (unpaired) electrons. The van der Waals surface area contributed by atoms with Crippen molar-refractivity contribution in [3.05, 3.63) is 98.4 Å². The van der Waals surface area contributed by atoms with E-state index in [4.69, 9.17) is 18.6 Å². The van der Waals surface area contributed by atoms with Crippen LogP contribution in [0.1, 0.15) is 36.9 Å². The molecule has 0 spiro atoms. The highest BCUT2D eigenvalue weighted by Gasteiger charge is 2.31. The molecular weight excluding hydrogens is 502 g/mol. The lowest BCUT2D eigenvalue weighted by Gasteiger charge is -2.27. The van der Waals surface area contributed by atoms with E-state index in [1.807, 2.05) is 0 Å². The largest absolute Gasteiger partial charge is 0.496 e. The third kappa shape index (κ3) is 4.99. The number of pyridine rings is 1. The lowest BCUT2D eigenvalue weighted by Crippen LogP contribution is -2.40. The number of methoxy groups -OCH3 is 2. The van der Waals surface area contributed by atoms with E-state index in [1.165, 1.54) is 75.9 Å². The van der Waals surface area contributed by atoms with Gasteiger partial charge in [0.2, 0.25) is 5.58 Å². The standard InChI is InChI=1S/C27H24F2N2O7/c1-14(31-25(32)23-24(38-27(31)34)20(35-3)11-12-30-23)26(33)37-15(2)22(16-5-7-17(28)8-6-16)19-10-9-18(29)13-21(19)36-4/h5-15,22H,1-4H3/t14-,15-,22+/m0/s1. The highest BCUT2D eigenvalue weighted by Crippen LogP contribution is 2.36. The molecule has 3 atom stereocenters. The molecule has 0 aliphatic heterocycles. The SMILES string of the molecule is COc1cc(F)ccc1[C@@H](c1ccc(F)cc1)[C@H](C)OC(=O)[C@H](C)n1c(=O)oc2c(OC)ccnc2c1=O. The first kappa shape index (κ1) is 26.5. The molecule has 0 saturated carbocycles. The third-order valence-electron chi connectivity index (χ3n) is 6.16. The number of esters is 1. The second-order valence-corrected chi connectivity index (χ2v) is 8.47. The van der Waals surface area contributed by atoms with Crippen LogP contribution < -0.4 is 20.8 Å². The lowest BCUT2D eigenvalue weighted by molar-refractivity contribution is -0.152. The Balaban J connectivity index is 1.71. The zero-order valence-corrected chi connectivity index (χ0v) is 20.9. The summed E-state index contributed by atoms with van der Waals surface area (Å²) >= 11 is 0. The highest BCUT2D eigenvalue weighted by molar-refractivity contribution is 5.78. The average Bonchev–Trinajstić information content (AvgIpc) is 2.90. The summed E-state index contributed by atoms with van der Waals surface area (Å²) in [6, 6.07) is 9.45. The molecule has 2 aromatic carbocycles. The van der Waals surface area contributed by atoms with Crippen LogP contribution in [0.15, 0.2) is 68.7 Å². The number of nitrogens with zero attached hydrogens (tertiary/aromatic N) is 2. The van der Waals surface area contributed by atoms with Gasteiger partial charge in [0, 0.05) is 29.8 Å². The normalized spacial score (nSPS) is 13.5. The number of rotatable bonds is 8. The number of benzene rings is 2. The number of carbonyl (C=O) groups excluding carboxylic acids is 1. The molecule has 38 heavy (non-hydrogen) atoms. The maximum Gasteiger partial charge on any atom is 0.423 e. The Bertz CT molecular complexity index is 1600. The van der Waals surface area contributed by atoms with Crippen LogP contribution in [0.3, 0.4) is 0 Å². The van der Waals surface area contributed by atoms with Crippen molar-refractivity contribution < 1.29 is 32.2 Å². The predicted molar refractivity (Wildman–Crippen MR) is 133 cm³/mol. The predicted octanol–water partition coefficient (Wildman–Crippen LogP) is 3.97. The number of fused-ring (bicyclic) bond motifs is 1. The van der Waals surface area contributed by atoms with Gasteiger partial charge in [-0.3, -0.25) is 4.79 Å². The Kier molecular flexibility index (Phi) is 7.56. The molecule has 2 heterocycles. The van der Waals surface area contributed by atoms with E-state index < -0.39 is 47.0 Å². The molecule has 2 aromatic heterocycles. The molecule has 0 N–H and O–H groups in total. The van der Waals surface area contributed by atoms with Crippen LogP contribution in [0.4, 0.5) is 8.78 Å². The van der Waals surface area contributed by atoms with Crippen LogP contribution in [-0.4, -0.2) is 35.8 Å². The Hall–Kier alpha value is -4.54. The second kappa shape index (κ2) is 10.8. The van der Waals surface area contributed by atoms with Crippen molar-refractivity contribution in [2.75, 3.05) is 14.2 Å². The second-order valence-electron chi connectivity index (χ2n) is 8.47. The lowest BCUT2D eigenvalue weighted by atomic mass is 9.86. The van der Waals surface area contributed by atoms with Crippen molar-refractivity contribution in [2.45, 2.75) is 31.9 Å². The zero-order valence-electron chi connectivity index (χ0n) is 20.9. The summed E-state index contributed by atoms with van der Waals surface area (Å²) in [6.07, 6.45) is 0.387. The molecular formula is C27H24F2N2O7. The summed E-state index contributed by atoms with van der Waals surface area (Å²) in [4.78, 5) is 42.9. The molecule has 4 rings (SSSR count). The zero-order chi connectivity index (χ0) is 27.6. The number of halogens is 2. The number of hydrogen-bond donors (Lipinski definition) is 0. The van der Waals surface area contributed by atoms with Crippen LogP contribution in [-0.2, 0) is 9.53 Å². The van der Waals surface area contributed by atoms with Crippen LogP contribution in [0.25, 0.3) is 11.1 Å². The van der Waals surface area contributed by atoms with Gasteiger partial charge in [0.25, 0.3) is 5.56 Å². The van der Waals surface area contributed by atoms with E-state index in [0.29, 0.717) is 15.7 Å². The van der Waals surface area contributed by atoms with Gasteiger partial charge >= 0.3 is 11.7 Å². The summed E-state index contributed by atoms with van der Waals surface area (Å²) in [5.41, 5.74) is -0.163. The molecule has 4 aromatic rings. The first-order chi connectivity index (χ1) is 18.2. The van der Waals surface area contributed by atoms with E-state index in [2.05, 4.69) is 4.98 Å². The van der Waals surface area contributed by atoms with Crippen molar-refractivity contribution in [1.29, 1.82) is 0 Å². The minimum Gasteiger partial charge on any atom is -0.496 e. The van der Waals surface area contributed by atoms with Gasteiger partial charge < -0.3 is 18.6 Å². The minimum atomic E-state index is -1.39. The third-order valence-corrected chi connectivity index (χ3v) is 6.16. The molecule has 0 bridgehead atoms. The first-order valence-electron chi connectivity index (χ1n) is 11.5. The van der Waals surface area contributed by atoms with Crippen molar-refractivity contribution in [3.63, 3.8) is 0 Å². The summed E-state index contributed by atoms with van der Waals surface area (Å²) < 4.78 is 49.5. The Morgan fingerprint density at radius 2 is 1.61 bits per heavy atom. The van der Waals surface area contributed by atoms with Crippen LogP contribution in [0.5, 0.6) is 11.5 Å². The quantitative estimate of drug-likeness (QED) is 0.317. The van der Waals surface area contributed by atoms with Gasteiger partial charge in [-0.1, -0.05) is 18.2 Å². The van der Waals surface area contributed by atoms with Gasteiger partial charge in [0.15, 0.2) is 11.3 Å². The molecule has 0 unspecified atom stereocenters. The van der Waals surface area contributed by atoms with Crippen LogP contribution in [0.2, 0.25) is 0 Å². The number of ether oxygens (including phenoxy) is 3. The molecule has 0 aliphatic carbocycles. The van der Waals surface area contributed by atoms with E-state index in [0.717, 1.165) is 0 Å². The molecule has 11 heteroatoms. The fraction of sp³-hybridized carbons (Fsp3) is 0.259. The Morgan fingerprint density at radius 3 is 2.26 bits per heavy atom. The van der Waals surface area contributed by atoms with Gasteiger partial charge in [-0.2, -0.15) is 0 Å². The van der Waals surface area contributed by atoms with Gasteiger partial charge in [0.1, 0.15) is 29.5 Å². The van der Waals surface area contributed by atoms with Gasteiger partial charge in [0.05, 0.1) is 14.2 Å². The van der Waals surface area contributed by atoms with E-state index >= 15 is 0 Å². The van der Waals surface area contributed by atoms with Gasteiger partial charge in [-0.15, -0.1) is 0 Å². The Morgan fingerprint density at radius 1 is 0.947 bits per heavy atom. The Labute approximate surface area is 215 Å². The van der Waals surface area contributed by atoms with E-state index in [1.54, 1.807) is 6.92 Å². The van der Waals surface area contributed by atoms with Crippen LogP contribution in [0, 0.1) is 11.6 Å². The molecule has 0 amide bonds. The fourth-order valence-corrected chi connectivity index (χ4v) is 4.28. The average molecular weight is 526 g/mol. The van der Waals surface area contributed by atoms with Crippen LogP contribution >= 0.6 is 0 Å².